The minimum Gasteiger partial charge on any atom is -0.476 e. The van der Waals surface area contributed by atoms with E-state index >= 15 is 0 Å². The molecule has 11 nitrogen and oxygen atoms in total. The van der Waals surface area contributed by atoms with Gasteiger partial charge in [0.1, 0.15) is 5.60 Å². The first-order valence-corrected chi connectivity index (χ1v) is 7.02. The minimum absolute atomic E-state index is 0.153. The summed E-state index contributed by atoms with van der Waals surface area (Å²) in [6, 6.07) is 5.28. The number of non-ortho nitro benzene ring substituents is 1. The van der Waals surface area contributed by atoms with Crippen LogP contribution >= 0.6 is 0 Å². The van der Waals surface area contributed by atoms with Gasteiger partial charge < -0.3 is 9.84 Å². The van der Waals surface area contributed by atoms with Crippen LogP contribution in [0.4, 0.5) is 16.3 Å². The maximum atomic E-state index is 12.0. The van der Waals surface area contributed by atoms with Crippen molar-refractivity contribution in [3.05, 3.63) is 40.1 Å². The standard InChI is InChI=1S/C14H15N5O6/c1-14(2,3)25-13(22)15-11-10(12(20)21)16-17-18(11)8-5-4-6-9(7-8)19(23)24/h4-7H,1-3H3,(H,15,22)(H,20,21). The highest BCUT2D eigenvalue weighted by Gasteiger charge is 2.25. The van der Waals surface area contributed by atoms with Crippen LogP contribution in [0.5, 0.6) is 0 Å². The lowest BCUT2D eigenvalue weighted by atomic mass is 10.2. The van der Waals surface area contributed by atoms with Crippen molar-refractivity contribution >= 4 is 23.6 Å². The molecule has 0 unspecified atom stereocenters. The molecule has 0 atom stereocenters. The van der Waals surface area contributed by atoms with Gasteiger partial charge in [-0.3, -0.25) is 15.4 Å². The maximum Gasteiger partial charge on any atom is 0.413 e. The number of rotatable bonds is 4. The van der Waals surface area contributed by atoms with Crippen LogP contribution in [-0.4, -0.2) is 42.7 Å². The maximum absolute atomic E-state index is 12.0. The number of nitro benzene ring substituents is 1. The van der Waals surface area contributed by atoms with Gasteiger partial charge in [-0.05, 0) is 26.8 Å². The fourth-order valence-corrected chi connectivity index (χ4v) is 1.86. The van der Waals surface area contributed by atoms with E-state index in [0.29, 0.717) is 0 Å². The van der Waals surface area contributed by atoms with Crippen LogP contribution in [0.2, 0.25) is 0 Å². The Labute approximate surface area is 141 Å². The first kappa shape index (κ1) is 17.8. The average molecular weight is 349 g/mol. The summed E-state index contributed by atoms with van der Waals surface area (Å²) >= 11 is 0. The first-order valence-electron chi connectivity index (χ1n) is 7.02. The number of carboxylic acid groups (broad SMARTS) is 1. The zero-order valence-corrected chi connectivity index (χ0v) is 13.6. The molecule has 0 aliphatic heterocycles. The van der Waals surface area contributed by atoms with Gasteiger partial charge in [0.15, 0.2) is 5.82 Å². The third-order valence-electron chi connectivity index (χ3n) is 2.78. The molecule has 25 heavy (non-hydrogen) atoms. The van der Waals surface area contributed by atoms with Gasteiger partial charge in [0.2, 0.25) is 5.69 Å². The Morgan fingerprint density at radius 2 is 2.04 bits per heavy atom. The molecule has 0 spiro atoms. The molecular weight excluding hydrogens is 334 g/mol. The van der Waals surface area contributed by atoms with Crippen LogP contribution in [-0.2, 0) is 4.74 Å². The van der Waals surface area contributed by atoms with E-state index in [9.17, 15) is 24.8 Å². The highest BCUT2D eigenvalue weighted by Crippen LogP contribution is 2.22. The molecular formula is C14H15N5O6. The predicted molar refractivity (Wildman–Crippen MR) is 84.8 cm³/mol. The third-order valence-corrected chi connectivity index (χ3v) is 2.78. The van der Waals surface area contributed by atoms with E-state index in [1.54, 1.807) is 20.8 Å². The average Bonchev–Trinajstić information content (AvgIpc) is 2.89. The molecule has 0 fully saturated rings. The molecule has 0 saturated heterocycles. The molecule has 2 aromatic rings. The molecule has 1 aromatic heterocycles. The zero-order valence-electron chi connectivity index (χ0n) is 13.6. The number of nitrogens with one attached hydrogen (secondary N) is 1. The van der Waals surface area contributed by atoms with Crippen molar-refractivity contribution in [2.45, 2.75) is 26.4 Å². The highest BCUT2D eigenvalue weighted by atomic mass is 16.6. The number of nitrogens with zero attached hydrogens (tertiary/aromatic N) is 4. The molecule has 2 rings (SSSR count). The van der Waals surface area contributed by atoms with Gasteiger partial charge in [0.25, 0.3) is 5.69 Å². The topological polar surface area (TPSA) is 149 Å². The van der Waals surface area contributed by atoms with Gasteiger partial charge >= 0.3 is 12.1 Å². The quantitative estimate of drug-likeness (QED) is 0.630. The Balaban J connectivity index is 2.46. The summed E-state index contributed by atoms with van der Waals surface area (Å²) in [5.41, 5.74) is -1.41. The summed E-state index contributed by atoms with van der Waals surface area (Å²) < 4.78 is 6.05. The van der Waals surface area contributed by atoms with E-state index in [0.717, 1.165) is 4.68 Å². The van der Waals surface area contributed by atoms with Crippen molar-refractivity contribution in [2.24, 2.45) is 0 Å². The highest BCUT2D eigenvalue weighted by molar-refractivity contribution is 5.96. The van der Waals surface area contributed by atoms with Gasteiger partial charge in [0, 0.05) is 12.1 Å². The number of carboxylic acids is 1. The van der Waals surface area contributed by atoms with Crippen LogP contribution in [0.25, 0.3) is 5.69 Å². The summed E-state index contributed by atoms with van der Waals surface area (Å²) in [6.45, 7) is 4.92. The Hall–Kier alpha value is -3.50. The Morgan fingerprint density at radius 3 is 2.60 bits per heavy atom. The van der Waals surface area contributed by atoms with Gasteiger partial charge in [0.05, 0.1) is 10.6 Å². The van der Waals surface area contributed by atoms with E-state index in [1.165, 1.54) is 24.3 Å². The molecule has 0 saturated carbocycles. The van der Waals surface area contributed by atoms with Crippen molar-refractivity contribution in [2.75, 3.05) is 5.32 Å². The fourth-order valence-electron chi connectivity index (χ4n) is 1.86. The van der Waals surface area contributed by atoms with Crippen molar-refractivity contribution < 1.29 is 24.4 Å². The minimum atomic E-state index is -1.43. The van der Waals surface area contributed by atoms with Crippen LogP contribution in [0.15, 0.2) is 24.3 Å². The molecule has 0 aliphatic rings. The normalized spacial score (nSPS) is 11.0. The van der Waals surface area contributed by atoms with Crippen LogP contribution in [0.3, 0.4) is 0 Å². The van der Waals surface area contributed by atoms with Gasteiger partial charge in [-0.25, -0.2) is 9.59 Å². The van der Waals surface area contributed by atoms with Crippen molar-refractivity contribution in [3.8, 4) is 5.69 Å². The number of carbonyl (C=O) groups excluding carboxylic acids is 1. The van der Waals surface area contributed by atoms with Crippen LogP contribution < -0.4 is 5.32 Å². The number of aromatic nitrogens is 3. The third kappa shape index (κ3) is 4.28. The summed E-state index contributed by atoms with van der Waals surface area (Å²) in [4.78, 5) is 33.5. The van der Waals surface area contributed by atoms with E-state index in [2.05, 4.69) is 15.6 Å². The number of benzene rings is 1. The van der Waals surface area contributed by atoms with Crippen molar-refractivity contribution in [1.29, 1.82) is 0 Å². The lowest BCUT2D eigenvalue weighted by Crippen LogP contribution is -2.28. The molecule has 0 radical (unpaired) electrons. The lowest BCUT2D eigenvalue weighted by molar-refractivity contribution is -0.384. The molecule has 2 N–H and O–H groups in total. The van der Waals surface area contributed by atoms with Crippen LogP contribution in [0, 0.1) is 10.1 Å². The SMILES string of the molecule is CC(C)(C)OC(=O)Nc1c(C(=O)O)nnn1-c1cccc([N+](=O)[O-])c1. The lowest BCUT2D eigenvalue weighted by Gasteiger charge is -2.19. The number of hydrogen-bond donors (Lipinski definition) is 2. The molecule has 0 bridgehead atoms. The number of nitro groups is 1. The van der Waals surface area contributed by atoms with Crippen molar-refractivity contribution in [1.82, 2.24) is 15.0 Å². The summed E-state index contributed by atoms with van der Waals surface area (Å²) in [7, 11) is 0. The Kier molecular flexibility index (Phi) is 4.68. The number of hydrogen-bond acceptors (Lipinski definition) is 7. The van der Waals surface area contributed by atoms with Crippen LogP contribution in [0.1, 0.15) is 31.3 Å². The second-order valence-electron chi connectivity index (χ2n) is 5.91. The zero-order chi connectivity index (χ0) is 18.8. The Bertz CT molecular complexity index is 838. The molecule has 1 amide bonds. The largest absolute Gasteiger partial charge is 0.476 e. The number of anilines is 1. The number of aromatic carboxylic acids is 1. The first-order chi connectivity index (χ1) is 11.6. The summed E-state index contributed by atoms with van der Waals surface area (Å²) in [5, 5.41) is 29.5. The van der Waals surface area contributed by atoms with Gasteiger partial charge in [-0.15, -0.1) is 5.10 Å². The van der Waals surface area contributed by atoms with E-state index < -0.39 is 28.3 Å². The number of carbonyl (C=O) groups is 2. The molecule has 1 aromatic carbocycles. The fraction of sp³-hybridized carbons (Fsp3) is 0.286. The molecule has 1 heterocycles. The number of amides is 1. The van der Waals surface area contributed by atoms with Gasteiger partial charge in [-0.2, -0.15) is 4.68 Å². The molecule has 11 heteroatoms. The van der Waals surface area contributed by atoms with Gasteiger partial charge in [-0.1, -0.05) is 11.3 Å². The second-order valence-corrected chi connectivity index (χ2v) is 5.91. The van der Waals surface area contributed by atoms with Crippen molar-refractivity contribution in [3.63, 3.8) is 0 Å². The smallest absolute Gasteiger partial charge is 0.413 e. The second kappa shape index (κ2) is 6.55. The van der Waals surface area contributed by atoms with E-state index in [4.69, 9.17) is 4.74 Å². The summed E-state index contributed by atoms with van der Waals surface area (Å²) in [6.07, 6.45) is -0.913. The van der Waals surface area contributed by atoms with E-state index in [-0.39, 0.29) is 17.2 Å². The molecule has 0 aliphatic carbocycles. The monoisotopic (exact) mass is 349 g/mol. The van der Waals surface area contributed by atoms with E-state index in [1.807, 2.05) is 0 Å². The summed E-state index contributed by atoms with van der Waals surface area (Å²) in [5.74, 6) is -1.70. The molecule has 132 valence electrons. The number of ether oxygens (including phenoxy) is 1. The predicted octanol–water partition coefficient (Wildman–Crippen LogP) is 2.22. The Morgan fingerprint density at radius 1 is 1.36 bits per heavy atom.